The summed E-state index contributed by atoms with van der Waals surface area (Å²) in [6, 6.07) is 4.34. The third-order valence-electron chi connectivity index (χ3n) is 1.60. The smallest absolute Gasteiger partial charge is 0.339 e. The number of methoxy groups -OCH3 is 1. The topological polar surface area (TPSA) is 66.8 Å². The van der Waals surface area contributed by atoms with Crippen molar-refractivity contribution in [3.63, 3.8) is 0 Å². The van der Waals surface area contributed by atoms with Crippen LogP contribution < -0.4 is 0 Å². The van der Waals surface area contributed by atoms with Gasteiger partial charge in [0.1, 0.15) is 11.3 Å². The van der Waals surface area contributed by atoms with Gasteiger partial charge in [-0.2, -0.15) is 0 Å². The van der Waals surface area contributed by atoms with Crippen molar-refractivity contribution < 1.29 is 19.7 Å². The SMILES string of the molecule is COCc1ccc(C(=O)O)c(O)c1. The van der Waals surface area contributed by atoms with Gasteiger partial charge in [-0.25, -0.2) is 4.79 Å². The zero-order valence-corrected chi connectivity index (χ0v) is 7.15. The van der Waals surface area contributed by atoms with Gasteiger partial charge in [-0.05, 0) is 17.7 Å². The van der Waals surface area contributed by atoms with E-state index in [1.54, 1.807) is 6.07 Å². The summed E-state index contributed by atoms with van der Waals surface area (Å²) in [5.41, 5.74) is 0.643. The molecule has 0 spiro atoms. The summed E-state index contributed by atoms with van der Waals surface area (Å²) in [4.78, 5) is 10.5. The van der Waals surface area contributed by atoms with E-state index in [0.29, 0.717) is 6.61 Å². The number of benzene rings is 1. The Kier molecular flexibility index (Phi) is 2.87. The van der Waals surface area contributed by atoms with Gasteiger partial charge in [0.2, 0.25) is 0 Å². The Morgan fingerprint density at radius 1 is 1.54 bits per heavy atom. The molecule has 4 heteroatoms. The van der Waals surface area contributed by atoms with E-state index >= 15 is 0 Å². The molecule has 0 amide bonds. The second kappa shape index (κ2) is 3.91. The van der Waals surface area contributed by atoms with Gasteiger partial charge in [-0.15, -0.1) is 0 Å². The number of ether oxygens (including phenoxy) is 1. The van der Waals surface area contributed by atoms with Crippen LogP contribution in [0.2, 0.25) is 0 Å². The van der Waals surface area contributed by atoms with Gasteiger partial charge in [-0.3, -0.25) is 0 Å². The summed E-state index contributed by atoms with van der Waals surface area (Å²) in [7, 11) is 1.53. The Labute approximate surface area is 75.4 Å². The fraction of sp³-hybridized carbons (Fsp3) is 0.222. The first-order valence-corrected chi connectivity index (χ1v) is 3.69. The van der Waals surface area contributed by atoms with Gasteiger partial charge in [0.15, 0.2) is 0 Å². The largest absolute Gasteiger partial charge is 0.507 e. The van der Waals surface area contributed by atoms with E-state index in [9.17, 15) is 9.90 Å². The number of phenols is 1. The van der Waals surface area contributed by atoms with Crippen LogP contribution in [0.3, 0.4) is 0 Å². The molecule has 0 saturated heterocycles. The van der Waals surface area contributed by atoms with Crippen molar-refractivity contribution in [1.29, 1.82) is 0 Å². The molecule has 0 aliphatic rings. The Morgan fingerprint density at radius 3 is 2.69 bits per heavy atom. The molecule has 1 aromatic carbocycles. The van der Waals surface area contributed by atoms with Crippen LogP contribution in [0.1, 0.15) is 15.9 Å². The maximum atomic E-state index is 10.5. The van der Waals surface area contributed by atoms with Crippen LogP contribution in [0.25, 0.3) is 0 Å². The zero-order valence-electron chi connectivity index (χ0n) is 7.15. The van der Waals surface area contributed by atoms with Crippen LogP contribution in [0, 0.1) is 0 Å². The fourth-order valence-electron chi connectivity index (χ4n) is 1.01. The third kappa shape index (κ3) is 2.19. The van der Waals surface area contributed by atoms with Crippen molar-refractivity contribution in [2.24, 2.45) is 0 Å². The maximum absolute atomic E-state index is 10.5. The second-order valence-corrected chi connectivity index (χ2v) is 2.59. The van der Waals surface area contributed by atoms with Gasteiger partial charge in [-0.1, -0.05) is 6.07 Å². The molecule has 0 atom stereocenters. The first-order chi connectivity index (χ1) is 6.15. The third-order valence-corrected chi connectivity index (χ3v) is 1.60. The highest BCUT2D eigenvalue weighted by Gasteiger charge is 2.08. The summed E-state index contributed by atoms with van der Waals surface area (Å²) >= 11 is 0. The highest BCUT2D eigenvalue weighted by Crippen LogP contribution is 2.18. The second-order valence-electron chi connectivity index (χ2n) is 2.59. The molecule has 0 aliphatic heterocycles. The molecule has 0 bridgehead atoms. The molecule has 0 unspecified atom stereocenters. The van der Waals surface area contributed by atoms with Crippen molar-refractivity contribution in [2.45, 2.75) is 6.61 Å². The van der Waals surface area contributed by atoms with Crippen LogP contribution in [-0.2, 0) is 11.3 Å². The van der Waals surface area contributed by atoms with Gasteiger partial charge in [0, 0.05) is 7.11 Å². The normalized spacial score (nSPS) is 9.92. The number of carboxylic acid groups (broad SMARTS) is 1. The minimum atomic E-state index is -1.14. The number of hydrogen-bond donors (Lipinski definition) is 2. The van der Waals surface area contributed by atoms with Crippen molar-refractivity contribution in [2.75, 3.05) is 7.11 Å². The van der Waals surface area contributed by atoms with E-state index in [4.69, 9.17) is 9.84 Å². The Bertz CT molecular complexity index is 319. The molecule has 2 N–H and O–H groups in total. The summed E-state index contributed by atoms with van der Waals surface area (Å²) in [6.45, 7) is 0.355. The molecule has 0 heterocycles. The lowest BCUT2D eigenvalue weighted by atomic mass is 10.1. The summed E-state index contributed by atoms with van der Waals surface area (Å²) in [6.07, 6.45) is 0. The number of carboxylic acids is 1. The number of aromatic carboxylic acids is 1. The molecule has 4 nitrogen and oxygen atoms in total. The van der Waals surface area contributed by atoms with Crippen LogP contribution in [-0.4, -0.2) is 23.3 Å². The van der Waals surface area contributed by atoms with Crippen LogP contribution in [0.15, 0.2) is 18.2 Å². The van der Waals surface area contributed by atoms with Gasteiger partial charge in [0.25, 0.3) is 0 Å². The summed E-state index contributed by atoms with van der Waals surface area (Å²) in [5.74, 6) is -1.37. The summed E-state index contributed by atoms with van der Waals surface area (Å²) < 4.78 is 4.82. The highest BCUT2D eigenvalue weighted by atomic mass is 16.5. The number of aromatic hydroxyl groups is 1. The van der Waals surface area contributed by atoms with E-state index in [1.165, 1.54) is 19.2 Å². The number of hydrogen-bond acceptors (Lipinski definition) is 3. The van der Waals surface area contributed by atoms with E-state index in [-0.39, 0.29) is 11.3 Å². The Balaban J connectivity index is 2.98. The molecule has 70 valence electrons. The van der Waals surface area contributed by atoms with Crippen LogP contribution in [0.5, 0.6) is 5.75 Å². The van der Waals surface area contributed by atoms with E-state index < -0.39 is 5.97 Å². The first-order valence-electron chi connectivity index (χ1n) is 3.69. The van der Waals surface area contributed by atoms with Gasteiger partial charge in [0.05, 0.1) is 6.61 Å². The van der Waals surface area contributed by atoms with E-state index in [2.05, 4.69) is 0 Å². The lowest BCUT2D eigenvalue weighted by Gasteiger charge is -2.02. The predicted octanol–water partition coefficient (Wildman–Crippen LogP) is 1.24. The molecule has 13 heavy (non-hydrogen) atoms. The number of rotatable bonds is 3. The van der Waals surface area contributed by atoms with E-state index in [0.717, 1.165) is 5.56 Å². The fourth-order valence-corrected chi connectivity index (χ4v) is 1.01. The first kappa shape index (κ1) is 9.54. The molecule has 0 fully saturated rings. The Morgan fingerprint density at radius 2 is 2.23 bits per heavy atom. The van der Waals surface area contributed by atoms with Crippen molar-refractivity contribution in [3.8, 4) is 5.75 Å². The quantitative estimate of drug-likeness (QED) is 0.737. The molecule has 1 aromatic rings. The lowest BCUT2D eigenvalue weighted by Crippen LogP contribution is -1.97. The Hall–Kier alpha value is -1.55. The minimum Gasteiger partial charge on any atom is -0.507 e. The molecule has 0 radical (unpaired) electrons. The molecule has 0 saturated carbocycles. The average molecular weight is 182 g/mol. The zero-order chi connectivity index (χ0) is 9.84. The standard InChI is InChI=1S/C9H10O4/c1-13-5-6-2-3-7(9(11)12)8(10)4-6/h2-4,10H,5H2,1H3,(H,11,12). The molecule has 0 aliphatic carbocycles. The van der Waals surface area contributed by atoms with Crippen molar-refractivity contribution in [1.82, 2.24) is 0 Å². The molecule has 0 aromatic heterocycles. The molecule has 1 rings (SSSR count). The van der Waals surface area contributed by atoms with Crippen molar-refractivity contribution in [3.05, 3.63) is 29.3 Å². The number of carbonyl (C=O) groups is 1. The van der Waals surface area contributed by atoms with Crippen LogP contribution >= 0.6 is 0 Å². The van der Waals surface area contributed by atoms with Crippen molar-refractivity contribution >= 4 is 5.97 Å². The molecular weight excluding hydrogens is 172 g/mol. The lowest BCUT2D eigenvalue weighted by molar-refractivity contribution is 0.0693. The van der Waals surface area contributed by atoms with Gasteiger partial charge >= 0.3 is 5.97 Å². The molecular formula is C9H10O4. The van der Waals surface area contributed by atoms with Gasteiger partial charge < -0.3 is 14.9 Å². The monoisotopic (exact) mass is 182 g/mol. The van der Waals surface area contributed by atoms with E-state index in [1.807, 2.05) is 0 Å². The van der Waals surface area contributed by atoms with Crippen LogP contribution in [0.4, 0.5) is 0 Å². The highest BCUT2D eigenvalue weighted by molar-refractivity contribution is 5.90. The minimum absolute atomic E-state index is 0.0974. The average Bonchev–Trinajstić information content (AvgIpc) is 2.04. The maximum Gasteiger partial charge on any atom is 0.339 e. The summed E-state index contributed by atoms with van der Waals surface area (Å²) in [5, 5.41) is 17.8. The predicted molar refractivity (Wildman–Crippen MR) is 45.8 cm³/mol.